The van der Waals surface area contributed by atoms with E-state index >= 15 is 0 Å². The lowest BCUT2D eigenvalue weighted by Gasteiger charge is -2.34. The first kappa shape index (κ1) is 12.1. The number of aliphatic hydroxyl groups excluding tert-OH is 1. The van der Waals surface area contributed by atoms with Gasteiger partial charge in [-0.3, -0.25) is 0 Å². The Bertz CT molecular complexity index is 373. The monoisotopic (exact) mass is 237 g/mol. The van der Waals surface area contributed by atoms with Gasteiger partial charge in [0, 0.05) is 19.2 Å². The molecule has 2 atom stereocenters. The molecule has 1 saturated heterocycles. The van der Waals surface area contributed by atoms with Crippen molar-refractivity contribution in [2.45, 2.75) is 26.4 Å². The van der Waals surface area contributed by atoms with Crippen LogP contribution in [0, 0.1) is 5.92 Å². The highest BCUT2D eigenvalue weighted by Crippen LogP contribution is 2.23. The minimum atomic E-state index is -0.283. The van der Waals surface area contributed by atoms with E-state index in [0.717, 1.165) is 18.8 Å². The zero-order chi connectivity index (χ0) is 12.3. The smallest absolute Gasteiger partial charge is 0.218 e. The number of piperidine rings is 1. The summed E-state index contributed by atoms with van der Waals surface area (Å²) in [6.07, 6.45) is 2.20. The van der Waals surface area contributed by atoms with Crippen LogP contribution < -0.4 is 9.64 Å². The summed E-state index contributed by atoms with van der Waals surface area (Å²) in [6.45, 7) is 6.14. The number of hydrogen-bond donors (Lipinski definition) is 1. The highest BCUT2D eigenvalue weighted by Gasteiger charge is 2.25. The number of β-amino-alcohol motifs (C(OH)–C–C–N with tert-alkyl or cyclic N) is 1. The van der Waals surface area contributed by atoms with E-state index in [1.54, 1.807) is 0 Å². The van der Waals surface area contributed by atoms with Gasteiger partial charge in [0.15, 0.2) is 0 Å². The molecule has 1 aromatic rings. The van der Waals surface area contributed by atoms with E-state index in [0.29, 0.717) is 24.9 Å². The Morgan fingerprint density at radius 3 is 3.06 bits per heavy atom. The average molecular weight is 237 g/mol. The van der Waals surface area contributed by atoms with Crippen LogP contribution in [-0.4, -0.2) is 40.9 Å². The van der Waals surface area contributed by atoms with Gasteiger partial charge in [-0.2, -0.15) is 0 Å². The lowest BCUT2D eigenvalue weighted by atomic mass is 9.96. The van der Waals surface area contributed by atoms with Gasteiger partial charge in [0.05, 0.1) is 12.7 Å². The molecule has 5 heteroatoms. The number of rotatable bonds is 3. The molecule has 0 unspecified atom stereocenters. The lowest BCUT2D eigenvalue weighted by Crippen LogP contribution is -2.43. The minimum absolute atomic E-state index is 0.283. The normalized spacial score (nSPS) is 24.8. The molecular weight excluding hydrogens is 218 g/mol. The highest BCUT2D eigenvalue weighted by molar-refractivity contribution is 5.41. The SMILES string of the molecule is CCOc1cc(N2CC[C@H](C)[C@H](O)C2)ncn1. The van der Waals surface area contributed by atoms with Crippen LogP contribution in [0.3, 0.4) is 0 Å². The summed E-state index contributed by atoms with van der Waals surface area (Å²) in [5, 5.41) is 9.87. The predicted molar refractivity (Wildman–Crippen MR) is 65.2 cm³/mol. The van der Waals surface area contributed by atoms with Crippen molar-refractivity contribution in [2.24, 2.45) is 5.92 Å². The van der Waals surface area contributed by atoms with Gasteiger partial charge >= 0.3 is 0 Å². The summed E-state index contributed by atoms with van der Waals surface area (Å²) in [7, 11) is 0. The predicted octanol–water partition coefficient (Wildman–Crippen LogP) is 1.08. The van der Waals surface area contributed by atoms with Crippen LogP contribution in [0.1, 0.15) is 20.3 Å². The molecule has 1 fully saturated rings. The first-order valence-electron chi connectivity index (χ1n) is 6.08. The fraction of sp³-hybridized carbons (Fsp3) is 0.667. The fourth-order valence-corrected chi connectivity index (χ4v) is 1.99. The molecule has 0 aliphatic carbocycles. The molecule has 0 radical (unpaired) electrons. The molecule has 94 valence electrons. The van der Waals surface area contributed by atoms with Gasteiger partial charge in [0.1, 0.15) is 12.1 Å². The largest absolute Gasteiger partial charge is 0.478 e. The van der Waals surface area contributed by atoms with E-state index < -0.39 is 0 Å². The molecule has 1 aliphatic heterocycles. The van der Waals surface area contributed by atoms with Crippen LogP contribution in [-0.2, 0) is 0 Å². The van der Waals surface area contributed by atoms with Crippen LogP contribution >= 0.6 is 0 Å². The van der Waals surface area contributed by atoms with Crippen molar-refractivity contribution in [2.75, 3.05) is 24.6 Å². The third-order valence-corrected chi connectivity index (χ3v) is 3.16. The Morgan fingerprint density at radius 2 is 2.35 bits per heavy atom. The van der Waals surface area contributed by atoms with E-state index in [9.17, 15) is 5.11 Å². The van der Waals surface area contributed by atoms with Crippen LogP contribution in [0.15, 0.2) is 12.4 Å². The first-order valence-corrected chi connectivity index (χ1v) is 6.08. The summed E-state index contributed by atoms with van der Waals surface area (Å²) >= 11 is 0. The van der Waals surface area contributed by atoms with Gasteiger partial charge in [-0.05, 0) is 19.3 Å². The summed E-state index contributed by atoms with van der Waals surface area (Å²) in [6, 6.07) is 1.83. The Morgan fingerprint density at radius 1 is 1.53 bits per heavy atom. The van der Waals surface area contributed by atoms with Crippen molar-refractivity contribution >= 4 is 5.82 Å². The molecule has 0 saturated carbocycles. The van der Waals surface area contributed by atoms with Crippen molar-refractivity contribution in [1.29, 1.82) is 0 Å². The molecule has 1 aromatic heterocycles. The third-order valence-electron chi connectivity index (χ3n) is 3.16. The zero-order valence-corrected chi connectivity index (χ0v) is 10.3. The second kappa shape index (κ2) is 5.31. The number of hydrogen-bond acceptors (Lipinski definition) is 5. The quantitative estimate of drug-likeness (QED) is 0.852. The fourth-order valence-electron chi connectivity index (χ4n) is 1.99. The Labute approximate surface area is 101 Å². The van der Waals surface area contributed by atoms with Crippen molar-refractivity contribution in [3.05, 3.63) is 12.4 Å². The molecule has 0 bridgehead atoms. The van der Waals surface area contributed by atoms with Crippen LogP contribution in [0.2, 0.25) is 0 Å². The van der Waals surface area contributed by atoms with Gasteiger partial charge in [-0.1, -0.05) is 6.92 Å². The van der Waals surface area contributed by atoms with E-state index in [4.69, 9.17) is 4.74 Å². The maximum Gasteiger partial charge on any atom is 0.218 e. The second-order valence-corrected chi connectivity index (χ2v) is 4.43. The van der Waals surface area contributed by atoms with Crippen molar-refractivity contribution < 1.29 is 9.84 Å². The number of anilines is 1. The molecule has 2 heterocycles. The zero-order valence-electron chi connectivity index (χ0n) is 10.3. The summed E-state index contributed by atoms with van der Waals surface area (Å²) in [4.78, 5) is 10.3. The maximum atomic E-state index is 9.87. The van der Waals surface area contributed by atoms with Crippen LogP contribution in [0.4, 0.5) is 5.82 Å². The van der Waals surface area contributed by atoms with Gasteiger partial charge in [0.25, 0.3) is 0 Å². The molecule has 0 aromatic carbocycles. The summed E-state index contributed by atoms with van der Waals surface area (Å²) in [5.74, 6) is 1.78. The van der Waals surface area contributed by atoms with Crippen molar-refractivity contribution in [3.63, 3.8) is 0 Å². The summed E-state index contributed by atoms with van der Waals surface area (Å²) in [5.41, 5.74) is 0. The number of ether oxygens (including phenoxy) is 1. The molecule has 17 heavy (non-hydrogen) atoms. The molecule has 5 nitrogen and oxygen atoms in total. The lowest BCUT2D eigenvalue weighted by molar-refractivity contribution is 0.102. The molecule has 2 rings (SSSR count). The number of aromatic nitrogens is 2. The maximum absolute atomic E-state index is 9.87. The molecule has 1 N–H and O–H groups in total. The second-order valence-electron chi connectivity index (χ2n) is 4.43. The minimum Gasteiger partial charge on any atom is -0.478 e. The van der Waals surface area contributed by atoms with E-state index in [1.165, 1.54) is 6.33 Å². The van der Waals surface area contributed by atoms with E-state index in [1.807, 2.05) is 13.0 Å². The molecule has 1 aliphatic rings. The van der Waals surface area contributed by atoms with Crippen molar-refractivity contribution in [3.8, 4) is 5.88 Å². The van der Waals surface area contributed by atoms with Crippen molar-refractivity contribution in [1.82, 2.24) is 9.97 Å². The van der Waals surface area contributed by atoms with Crippen LogP contribution in [0.25, 0.3) is 0 Å². The van der Waals surface area contributed by atoms with E-state index in [-0.39, 0.29) is 6.10 Å². The third kappa shape index (κ3) is 2.85. The molecule has 0 amide bonds. The summed E-state index contributed by atoms with van der Waals surface area (Å²) < 4.78 is 5.35. The Balaban J connectivity index is 2.09. The van der Waals surface area contributed by atoms with Gasteiger partial charge in [-0.25, -0.2) is 9.97 Å². The average Bonchev–Trinajstić information content (AvgIpc) is 2.33. The van der Waals surface area contributed by atoms with Crippen LogP contribution in [0.5, 0.6) is 5.88 Å². The topological polar surface area (TPSA) is 58.5 Å². The first-order chi connectivity index (χ1) is 8.20. The van der Waals surface area contributed by atoms with Gasteiger partial charge < -0.3 is 14.7 Å². The van der Waals surface area contributed by atoms with Gasteiger partial charge in [-0.15, -0.1) is 0 Å². The number of aliphatic hydroxyl groups is 1. The highest BCUT2D eigenvalue weighted by atomic mass is 16.5. The Kier molecular flexibility index (Phi) is 3.78. The van der Waals surface area contributed by atoms with E-state index in [2.05, 4.69) is 21.8 Å². The van der Waals surface area contributed by atoms with Gasteiger partial charge in [0.2, 0.25) is 5.88 Å². The standard InChI is InChI=1S/C12H19N3O2/c1-3-17-12-6-11(13-8-14-12)15-5-4-9(2)10(16)7-15/h6,8-10,16H,3-5,7H2,1-2H3/t9-,10+/m0/s1. The molecule has 0 spiro atoms. The Hall–Kier alpha value is -1.36. The number of nitrogens with zero attached hydrogens (tertiary/aromatic N) is 3. The molecular formula is C12H19N3O2.